The fourth-order valence-electron chi connectivity index (χ4n) is 1.92. The van der Waals surface area contributed by atoms with Crippen LogP contribution in [0.4, 0.5) is 0 Å². The average molecular weight is 349 g/mol. The van der Waals surface area contributed by atoms with Gasteiger partial charge >= 0.3 is 0 Å². The zero-order chi connectivity index (χ0) is 11.8. The van der Waals surface area contributed by atoms with Crippen molar-refractivity contribution in [2.75, 3.05) is 27.7 Å². The molecule has 98 valence electrons. The Balaban J connectivity index is 0.00000225. The van der Waals surface area contributed by atoms with Crippen LogP contribution in [0.1, 0.15) is 0 Å². The molecule has 1 saturated heterocycles. The number of quaternary nitrogens is 1. The van der Waals surface area contributed by atoms with Gasteiger partial charge in [-0.1, -0.05) is 0 Å². The van der Waals surface area contributed by atoms with Crippen molar-refractivity contribution >= 4 is 0 Å². The van der Waals surface area contributed by atoms with Crippen molar-refractivity contribution in [3.8, 4) is 0 Å². The number of likely N-dealkylation sites (N-methyl/N-ethyl adjacent to an activating group) is 1. The number of nitrogens with zero attached hydrogens (tertiary/aromatic N) is 1. The molecule has 1 aliphatic heterocycles. The SMILES string of the molecule is C[N+](C)(C)[C@@H]1[C@@H](O)[C@H](O)[C@@H](CO)O[C@@H]1O.[I-]. The fraction of sp³-hybridized carbons (Fsp3) is 1.00. The summed E-state index contributed by atoms with van der Waals surface area (Å²) in [6.07, 6.45) is -4.43. The largest absolute Gasteiger partial charge is 1.00 e. The number of ether oxygens (including phenoxy) is 1. The van der Waals surface area contributed by atoms with E-state index in [1.807, 2.05) is 0 Å². The predicted molar refractivity (Wildman–Crippen MR) is 51.8 cm³/mol. The standard InChI is InChI=1S/C9H20NO5.HI/c1-10(2,3)6-8(13)7(12)5(4-11)15-9(6)14;/h5-9,11-14H,4H2,1-3H3;1H/q+1;/p-1/t5-,6-,7-,8-,9+;/m1./s1. The van der Waals surface area contributed by atoms with E-state index in [-0.39, 0.29) is 28.5 Å². The van der Waals surface area contributed by atoms with E-state index in [9.17, 15) is 15.3 Å². The Labute approximate surface area is 112 Å². The van der Waals surface area contributed by atoms with Crippen LogP contribution in [0.25, 0.3) is 0 Å². The monoisotopic (exact) mass is 349 g/mol. The normalized spacial score (nSPS) is 40.3. The molecule has 1 aliphatic rings. The van der Waals surface area contributed by atoms with Crippen molar-refractivity contribution in [1.29, 1.82) is 0 Å². The van der Waals surface area contributed by atoms with Gasteiger partial charge in [-0.25, -0.2) is 0 Å². The number of hydrogen-bond acceptors (Lipinski definition) is 5. The molecule has 0 amide bonds. The molecule has 7 heteroatoms. The Morgan fingerprint density at radius 1 is 1.06 bits per heavy atom. The van der Waals surface area contributed by atoms with Crippen molar-refractivity contribution < 1.29 is 53.6 Å². The molecule has 0 bridgehead atoms. The van der Waals surface area contributed by atoms with Crippen LogP contribution in [0.3, 0.4) is 0 Å². The third kappa shape index (κ3) is 3.25. The van der Waals surface area contributed by atoms with Gasteiger partial charge in [0.15, 0.2) is 6.04 Å². The zero-order valence-electron chi connectivity index (χ0n) is 9.62. The first-order chi connectivity index (χ1) is 6.79. The smallest absolute Gasteiger partial charge is 0.211 e. The molecule has 1 fully saturated rings. The van der Waals surface area contributed by atoms with Gasteiger partial charge in [0.25, 0.3) is 0 Å². The van der Waals surface area contributed by atoms with Crippen molar-refractivity contribution in [2.24, 2.45) is 0 Å². The number of aliphatic hydroxyl groups excluding tert-OH is 4. The minimum absolute atomic E-state index is 0. The second-order valence-corrected chi connectivity index (χ2v) is 4.84. The molecule has 1 heterocycles. The van der Waals surface area contributed by atoms with E-state index >= 15 is 0 Å². The van der Waals surface area contributed by atoms with Crippen LogP contribution in [-0.2, 0) is 4.74 Å². The van der Waals surface area contributed by atoms with E-state index in [0.717, 1.165) is 0 Å². The molecule has 6 nitrogen and oxygen atoms in total. The Morgan fingerprint density at radius 3 is 1.94 bits per heavy atom. The third-order valence-corrected chi connectivity index (χ3v) is 2.76. The number of halogens is 1. The molecular weight excluding hydrogens is 329 g/mol. The minimum atomic E-state index is -1.19. The van der Waals surface area contributed by atoms with Gasteiger partial charge in [0.05, 0.1) is 27.7 Å². The average Bonchev–Trinajstić information content (AvgIpc) is 2.09. The minimum Gasteiger partial charge on any atom is -1.00 e. The first-order valence-corrected chi connectivity index (χ1v) is 4.90. The predicted octanol–water partition coefficient (Wildman–Crippen LogP) is -5.50. The molecule has 5 atom stereocenters. The van der Waals surface area contributed by atoms with Crippen LogP contribution in [0.2, 0.25) is 0 Å². The van der Waals surface area contributed by atoms with Gasteiger partial charge in [-0.3, -0.25) is 0 Å². The van der Waals surface area contributed by atoms with Gasteiger partial charge in [0, 0.05) is 0 Å². The number of aliphatic hydroxyl groups is 4. The van der Waals surface area contributed by atoms with E-state index in [4.69, 9.17) is 9.84 Å². The Hall–Kier alpha value is 0.490. The van der Waals surface area contributed by atoms with Crippen molar-refractivity contribution in [3.63, 3.8) is 0 Å². The summed E-state index contributed by atoms with van der Waals surface area (Å²) in [6.45, 7) is -0.431. The van der Waals surface area contributed by atoms with Gasteiger partial charge < -0.3 is 53.6 Å². The van der Waals surface area contributed by atoms with Gasteiger partial charge in [0.2, 0.25) is 6.29 Å². The molecule has 16 heavy (non-hydrogen) atoms. The summed E-state index contributed by atoms with van der Waals surface area (Å²) < 4.78 is 5.30. The molecular formula is C9H20INO5. The van der Waals surface area contributed by atoms with E-state index in [2.05, 4.69) is 0 Å². The summed E-state index contributed by atoms with van der Waals surface area (Å²) in [4.78, 5) is 0. The van der Waals surface area contributed by atoms with E-state index in [0.29, 0.717) is 0 Å². The number of rotatable bonds is 2. The molecule has 0 unspecified atom stereocenters. The van der Waals surface area contributed by atoms with Crippen molar-refractivity contribution in [1.82, 2.24) is 0 Å². The third-order valence-electron chi connectivity index (χ3n) is 2.76. The summed E-state index contributed by atoms with van der Waals surface area (Å²) >= 11 is 0. The quantitative estimate of drug-likeness (QED) is 0.295. The lowest BCUT2D eigenvalue weighted by atomic mass is 9.95. The fourth-order valence-corrected chi connectivity index (χ4v) is 1.92. The Bertz CT molecular complexity index is 222. The highest BCUT2D eigenvalue weighted by Gasteiger charge is 2.50. The van der Waals surface area contributed by atoms with Gasteiger partial charge in [-0.15, -0.1) is 0 Å². The first kappa shape index (κ1) is 16.5. The highest BCUT2D eigenvalue weighted by molar-refractivity contribution is 4.89. The molecule has 0 aromatic heterocycles. The summed E-state index contributed by atoms with van der Waals surface area (Å²) in [5.41, 5.74) is 0. The molecule has 1 rings (SSSR count). The lowest BCUT2D eigenvalue weighted by Gasteiger charge is -2.46. The summed E-state index contributed by atoms with van der Waals surface area (Å²) in [6, 6.07) is -0.636. The van der Waals surface area contributed by atoms with E-state index < -0.39 is 37.3 Å². The molecule has 4 N–H and O–H groups in total. The van der Waals surface area contributed by atoms with Crippen LogP contribution in [0.15, 0.2) is 0 Å². The maximum Gasteiger partial charge on any atom is 0.211 e. The van der Waals surface area contributed by atoms with E-state index in [1.165, 1.54) is 0 Å². The lowest BCUT2D eigenvalue weighted by Crippen LogP contribution is -3.00. The maximum atomic E-state index is 9.83. The molecule has 0 aromatic carbocycles. The van der Waals surface area contributed by atoms with E-state index in [1.54, 1.807) is 21.1 Å². The second kappa shape index (κ2) is 5.89. The molecule has 0 saturated carbocycles. The van der Waals surface area contributed by atoms with Crippen molar-refractivity contribution in [3.05, 3.63) is 0 Å². The van der Waals surface area contributed by atoms with Crippen LogP contribution in [-0.4, -0.2) is 83.3 Å². The lowest BCUT2D eigenvalue weighted by molar-refractivity contribution is -0.909. The second-order valence-electron chi connectivity index (χ2n) is 4.84. The van der Waals surface area contributed by atoms with Crippen LogP contribution >= 0.6 is 0 Å². The van der Waals surface area contributed by atoms with Crippen LogP contribution in [0.5, 0.6) is 0 Å². The number of hydrogen-bond donors (Lipinski definition) is 4. The van der Waals surface area contributed by atoms with Crippen LogP contribution in [0, 0.1) is 0 Å². The Kier molecular flexibility index (Phi) is 6.07. The van der Waals surface area contributed by atoms with Crippen molar-refractivity contribution in [2.45, 2.75) is 30.6 Å². The van der Waals surface area contributed by atoms with Gasteiger partial charge in [-0.2, -0.15) is 0 Å². The molecule has 0 aliphatic carbocycles. The Morgan fingerprint density at radius 2 is 1.56 bits per heavy atom. The maximum absolute atomic E-state index is 9.83. The zero-order valence-corrected chi connectivity index (χ0v) is 11.8. The topological polar surface area (TPSA) is 90.2 Å². The molecule has 0 radical (unpaired) electrons. The molecule has 0 aromatic rings. The summed E-state index contributed by atoms with van der Waals surface area (Å²) in [5, 5.41) is 38.0. The molecule has 0 spiro atoms. The first-order valence-electron chi connectivity index (χ1n) is 4.90. The highest BCUT2D eigenvalue weighted by atomic mass is 127. The highest BCUT2D eigenvalue weighted by Crippen LogP contribution is 2.25. The summed E-state index contributed by atoms with van der Waals surface area (Å²) in [5.74, 6) is 0. The van der Waals surface area contributed by atoms with Gasteiger partial charge in [0.1, 0.15) is 18.3 Å². The van der Waals surface area contributed by atoms with Crippen LogP contribution < -0.4 is 24.0 Å². The van der Waals surface area contributed by atoms with Gasteiger partial charge in [-0.05, 0) is 0 Å². The summed E-state index contributed by atoms with van der Waals surface area (Å²) in [7, 11) is 5.35.